The van der Waals surface area contributed by atoms with E-state index in [0.29, 0.717) is 0 Å². The molecule has 0 nitrogen and oxygen atoms in total. The van der Waals surface area contributed by atoms with Crippen LogP contribution in [0.5, 0.6) is 0 Å². The Morgan fingerprint density at radius 3 is 1.59 bits per heavy atom. The second-order valence-corrected chi connectivity index (χ2v) is 17.8. The number of fused-ring (bicyclic) bond motifs is 5. The molecular formula is C66H76. The Morgan fingerprint density at radius 2 is 1.00 bits per heavy atom. The summed E-state index contributed by atoms with van der Waals surface area (Å²) in [6.45, 7) is 32.3. The minimum absolute atomic E-state index is 0.0555. The first-order valence-electron chi connectivity index (χ1n) is 24.6. The van der Waals surface area contributed by atoms with Crippen molar-refractivity contribution in [2.45, 2.75) is 122 Å². The fraction of sp³-hybridized carbons (Fsp3) is 0.273. The SMILES string of the molecule is C/C=C\C=C/C1=CCc2ccc3c(c21)C(C)(C)c1cc(C)ccc1-3.CC.CC.CCC.Cc1ccccc1-c1ccc(C)c(-c2cc(-c3cccc(-c4ccccc4C)c3C)ccc2C)c1. The van der Waals surface area contributed by atoms with Crippen LogP contribution in [-0.2, 0) is 11.8 Å². The van der Waals surface area contributed by atoms with Crippen molar-refractivity contribution >= 4 is 5.57 Å². The first-order chi connectivity index (χ1) is 31.9. The van der Waals surface area contributed by atoms with Crippen LogP contribution in [0.3, 0.4) is 0 Å². The zero-order valence-corrected chi connectivity index (χ0v) is 43.0. The summed E-state index contributed by atoms with van der Waals surface area (Å²) in [5.41, 5.74) is 28.4. The third kappa shape index (κ3) is 10.7. The summed E-state index contributed by atoms with van der Waals surface area (Å²) in [6, 6.07) is 49.3. The molecule has 66 heavy (non-hydrogen) atoms. The molecule has 9 rings (SSSR count). The normalized spacial score (nSPS) is 12.6. The summed E-state index contributed by atoms with van der Waals surface area (Å²) in [6.07, 6.45) is 13.3. The Hall–Kier alpha value is -6.24. The van der Waals surface area contributed by atoms with Crippen LogP contribution in [-0.4, -0.2) is 0 Å². The minimum atomic E-state index is 0.0555. The molecule has 0 atom stereocenters. The van der Waals surface area contributed by atoms with Gasteiger partial charge in [-0.25, -0.2) is 0 Å². The number of allylic oxidation sites excluding steroid dienone is 6. The van der Waals surface area contributed by atoms with E-state index < -0.39 is 0 Å². The molecule has 340 valence electrons. The van der Waals surface area contributed by atoms with Crippen LogP contribution in [0.2, 0.25) is 0 Å². The molecule has 0 saturated carbocycles. The van der Waals surface area contributed by atoms with Gasteiger partial charge >= 0.3 is 0 Å². The maximum atomic E-state index is 2.38. The fourth-order valence-corrected chi connectivity index (χ4v) is 9.48. The second kappa shape index (κ2) is 23.3. The van der Waals surface area contributed by atoms with Crippen LogP contribution in [0, 0.1) is 41.5 Å². The Morgan fingerprint density at radius 1 is 0.485 bits per heavy atom. The van der Waals surface area contributed by atoms with Crippen molar-refractivity contribution in [3.05, 3.63) is 219 Å². The fourth-order valence-electron chi connectivity index (χ4n) is 9.48. The maximum absolute atomic E-state index is 2.38. The predicted molar refractivity (Wildman–Crippen MR) is 295 cm³/mol. The first kappa shape index (κ1) is 50.8. The summed E-state index contributed by atoms with van der Waals surface area (Å²) < 4.78 is 0. The van der Waals surface area contributed by atoms with Crippen molar-refractivity contribution in [1.29, 1.82) is 0 Å². The van der Waals surface area contributed by atoms with Gasteiger partial charge in [-0.3, -0.25) is 0 Å². The number of hydrogen-bond donors (Lipinski definition) is 0. The lowest BCUT2D eigenvalue weighted by molar-refractivity contribution is 0.657. The maximum Gasteiger partial charge on any atom is 0.0165 e. The van der Waals surface area contributed by atoms with Crippen LogP contribution in [0.4, 0.5) is 0 Å². The third-order valence-electron chi connectivity index (χ3n) is 12.8. The van der Waals surface area contributed by atoms with Crippen molar-refractivity contribution in [2.24, 2.45) is 0 Å². The van der Waals surface area contributed by atoms with E-state index >= 15 is 0 Å². The molecule has 0 unspecified atom stereocenters. The molecular weight excluding hydrogens is 793 g/mol. The molecule has 0 saturated heterocycles. The van der Waals surface area contributed by atoms with Crippen LogP contribution in [0.1, 0.15) is 124 Å². The van der Waals surface area contributed by atoms with E-state index in [-0.39, 0.29) is 5.41 Å². The Balaban J connectivity index is 0.000000229. The molecule has 0 amide bonds. The molecule has 0 N–H and O–H groups in total. The predicted octanol–water partition coefficient (Wildman–Crippen LogP) is 19.7. The van der Waals surface area contributed by atoms with Gasteiger partial charge in [0, 0.05) is 5.41 Å². The van der Waals surface area contributed by atoms with E-state index in [1.54, 1.807) is 0 Å². The minimum Gasteiger partial charge on any atom is -0.0877 e. The van der Waals surface area contributed by atoms with Gasteiger partial charge in [0.15, 0.2) is 0 Å². The first-order valence-corrected chi connectivity index (χ1v) is 24.6. The lowest BCUT2D eigenvalue weighted by Gasteiger charge is -2.25. The van der Waals surface area contributed by atoms with Crippen LogP contribution in [0.15, 0.2) is 164 Å². The zero-order chi connectivity index (χ0) is 48.1. The number of hydrogen-bond acceptors (Lipinski definition) is 0. The van der Waals surface area contributed by atoms with Gasteiger partial charge in [0.05, 0.1) is 0 Å². The van der Waals surface area contributed by atoms with Crippen molar-refractivity contribution < 1.29 is 0 Å². The van der Waals surface area contributed by atoms with E-state index in [9.17, 15) is 0 Å². The van der Waals surface area contributed by atoms with Gasteiger partial charge < -0.3 is 0 Å². The van der Waals surface area contributed by atoms with Crippen molar-refractivity contribution in [3.8, 4) is 55.6 Å². The van der Waals surface area contributed by atoms with E-state index in [1.807, 2.05) is 27.7 Å². The van der Waals surface area contributed by atoms with E-state index in [0.717, 1.165) is 6.42 Å². The molecule has 0 radical (unpaired) electrons. The lowest BCUT2D eigenvalue weighted by Crippen LogP contribution is -2.17. The van der Waals surface area contributed by atoms with Crippen LogP contribution < -0.4 is 0 Å². The van der Waals surface area contributed by atoms with E-state index in [4.69, 9.17) is 0 Å². The Kier molecular flexibility index (Phi) is 17.9. The standard InChI is InChI=1S/C35H32.C24H24.C3H8.2C2H6/c1-23-11-6-8-13-30(23)28-19-17-25(3)34(21-28)35-22-29(20-18-26(35)4)32-15-10-16-33(27(32)5)31-14-9-7-12-24(31)2;1-5-6-7-8-17-10-11-18-12-14-20-19-13-9-16(2)15-21(19)24(3,4)23(20)22(17)18;1-3-2;2*1-2/h6-22H,1-5H3;5-10,12-15H,11H2,1-4H3;3H2,1-2H3;2*1-2H3/b;6-5-,8-7-;;;. The molecule has 0 aromatic heterocycles. The summed E-state index contributed by atoms with van der Waals surface area (Å²) in [7, 11) is 0. The molecule has 0 bridgehead atoms. The quantitative estimate of drug-likeness (QED) is 0.146. The molecule has 0 aliphatic heterocycles. The van der Waals surface area contributed by atoms with E-state index in [1.165, 1.54) is 123 Å². The largest absolute Gasteiger partial charge is 0.0877 e. The number of benzene rings is 7. The number of aryl methyl sites for hydroxylation is 5. The van der Waals surface area contributed by atoms with Crippen LogP contribution >= 0.6 is 0 Å². The topological polar surface area (TPSA) is 0 Å². The van der Waals surface area contributed by atoms with Crippen molar-refractivity contribution in [1.82, 2.24) is 0 Å². The van der Waals surface area contributed by atoms with Gasteiger partial charge in [-0.1, -0.05) is 219 Å². The molecule has 7 aromatic rings. The highest BCUT2D eigenvalue weighted by Crippen LogP contribution is 2.53. The highest BCUT2D eigenvalue weighted by Gasteiger charge is 2.39. The van der Waals surface area contributed by atoms with E-state index in [2.05, 4.69) is 240 Å². The second-order valence-electron chi connectivity index (χ2n) is 17.8. The van der Waals surface area contributed by atoms with Gasteiger partial charge in [0.25, 0.3) is 0 Å². The highest BCUT2D eigenvalue weighted by molar-refractivity contribution is 5.92. The molecule has 0 fully saturated rings. The van der Waals surface area contributed by atoms with Gasteiger partial charge in [-0.05, 0) is 178 Å². The summed E-state index contributed by atoms with van der Waals surface area (Å²) in [5.74, 6) is 0. The van der Waals surface area contributed by atoms with Crippen molar-refractivity contribution in [3.63, 3.8) is 0 Å². The Labute approximate surface area is 400 Å². The van der Waals surface area contributed by atoms with Gasteiger partial charge in [-0.2, -0.15) is 0 Å². The lowest BCUT2D eigenvalue weighted by atomic mass is 9.78. The van der Waals surface area contributed by atoms with Gasteiger partial charge in [0.1, 0.15) is 0 Å². The van der Waals surface area contributed by atoms with Crippen molar-refractivity contribution in [2.75, 3.05) is 0 Å². The monoisotopic (exact) mass is 869 g/mol. The summed E-state index contributed by atoms with van der Waals surface area (Å²) >= 11 is 0. The summed E-state index contributed by atoms with van der Waals surface area (Å²) in [4.78, 5) is 0. The average molecular weight is 869 g/mol. The molecule has 0 heterocycles. The molecule has 7 aromatic carbocycles. The van der Waals surface area contributed by atoms with Gasteiger partial charge in [0.2, 0.25) is 0 Å². The molecule has 2 aliphatic carbocycles. The third-order valence-corrected chi connectivity index (χ3v) is 12.8. The Bertz CT molecular complexity index is 2850. The highest BCUT2D eigenvalue weighted by atomic mass is 14.4. The molecule has 0 heteroatoms. The number of rotatable bonds is 6. The van der Waals surface area contributed by atoms with Crippen LogP contribution in [0.25, 0.3) is 61.2 Å². The summed E-state index contributed by atoms with van der Waals surface area (Å²) in [5, 5.41) is 0. The smallest absolute Gasteiger partial charge is 0.0165 e. The molecule has 2 aliphatic rings. The molecule has 0 spiro atoms. The average Bonchev–Trinajstić information content (AvgIpc) is 3.84. The van der Waals surface area contributed by atoms with Gasteiger partial charge in [-0.15, -0.1) is 0 Å². The zero-order valence-electron chi connectivity index (χ0n) is 43.0.